The number of rotatable bonds is 5. The lowest BCUT2D eigenvalue weighted by molar-refractivity contribution is -0.124. The van der Waals surface area contributed by atoms with Crippen LogP contribution in [0.3, 0.4) is 0 Å². The lowest BCUT2D eigenvalue weighted by atomic mass is 9.69. The Hall–Kier alpha value is -1.73. The molecule has 3 saturated heterocycles. The maximum absolute atomic E-state index is 13.4. The van der Waals surface area contributed by atoms with Crippen LogP contribution in [0.4, 0.5) is 5.00 Å². The fourth-order valence-corrected chi connectivity index (χ4v) is 7.44. The molecule has 1 aromatic heterocycles. The van der Waals surface area contributed by atoms with Crippen molar-refractivity contribution >= 4 is 34.1 Å². The van der Waals surface area contributed by atoms with Crippen LogP contribution in [0.15, 0.2) is 0 Å². The van der Waals surface area contributed by atoms with Gasteiger partial charge in [-0.2, -0.15) is 0 Å². The van der Waals surface area contributed by atoms with Gasteiger partial charge in [0.05, 0.1) is 36.2 Å². The van der Waals surface area contributed by atoms with Gasteiger partial charge in [0.2, 0.25) is 11.8 Å². The van der Waals surface area contributed by atoms with Crippen molar-refractivity contribution in [2.75, 3.05) is 11.5 Å². The standard InChI is InChI=1S/C24H31NO5S/c1-5-24(3,4)12-7-8-13-16(11-12)31-22(17(13)23(28)29-6-2)25-20(26)18-14-9-10-15(30-14)19(18)21(25)27/h12,14-15,18-19H,5-11H2,1-4H3/t12-,14+,15+,18-,19+/m1/s1. The van der Waals surface area contributed by atoms with Crippen molar-refractivity contribution < 1.29 is 23.9 Å². The summed E-state index contributed by atoms with van der Waals surface area (Å²) in [5.41, 5.74) is 1.64. The molecular weight excluding hydrogens is 414 g/mol. The maximum Gasteiger partial charge on any atom is 0.341 e. The van der Waals surface area contributed by atoms with E-state index in [2.05, 4.69) is 20.8 Å². The Balaban J connectivity index is 1.56. The summed E-state index contributed by atoms with van der Waals surface area (Å²) in [6.07, 6.45) is 5.10. The number of nitrogens with zero attached hydrogens (tertiary/aromatic N) is 1. The van der Waals surface area contributed by atoms with E-state index in [0.717, 1.165) is 49.0 Å². The molecule has 31 heavy (non-hydrogen) atoms. The summed E-state index contributed by atoms with van der Waals surface area (Å²) in [4.78, 5) is 42.2. The number of carbonyl (C=O) groups excluding carboxylic acids is 3. The van der Waals surface area contributed by atoms with Crippen LogP contribution in [-0.2, 0) is 31.9 Å². The third-order valence-electron chi connectivity index (χ3n) is 8.23. The van der Waals surface area contributed by atoms with E-state index in [0.29, 0.717) is 16.5 Å². The van der Waals surface area contributed by atoms with E-state index in [9.17, 15) is 14.4 Å². The molecule has 7 heteroatoms. The van der Waals surface area contributed by atoms with E-state index < -0.39 is 17.8 Å². The number of amides is 2. The van der Waals surface area contributed by atoms with Gasteiger partial charge in [-0.1, -0.05) is 27.2 Å². The van der Waals surface area contributed by atoms with Gasteiger partial charge in [-0.25, -0.2) is 9.69 Å². The van der Waals surface area contributed by atoms with Crippen molar-refractivity contribution in [2.24, 2.45) is 23.2 Å². The molecule has 168 valence electrons. The van der Waals surface area contributed by atoms with Gasteiger partial charge in [0.15, 0.2) is 0 Å². The molecule has 1 aromatic rings. The quantitative estimate of drug-likeness (QED) is 0.503. The fourth-order valence-electron chi connectivity index (χ4n) is 6.01. The number of hydrogen-bond acceptors (Lipinski definition) is 6. The first-order chi connectivity index (χ1) is 14.8. The van der Waals surface area contributed by atoms with Crippen LogP contribution in [0.1, 0.15) is 74.2 Å². The van der Waals surface area contributed by atoms with Crippen LogP contribution in [0.5, 0.6) is 0 Å². The number of esters is 1. The van der Waals surface area contributed by atoms with E-state index in [1.807, 2.05) is 0 Å². The van der Waals surface area contributed by atoms with Gasteiger partial charge in [-0.05, 0) is 55.9 Å². The van der Waals surface area contributed by atoms with Crippen molar-refractivity contribution in [3.63, 3.8) is 0 Å². The molecule has 6 nitrogen and oxygen atoms in total. The smallest absolute Gasteiger partial charge is 0.341 e. The Bertz CT molecular complexity index is 922. The number of fused-ring (bicyclic) bond motifs is 6. The Kier molecular flexibility index (Phi) is 5.05. The van der Waals surface area contributed by atoms with Crippen LogP contribution < -0.4 is 4.90 Å². The van der Waals surface area contributed by atoms with Gasteiger partial charge in [0.25, 0.3) is 0 Å². The molecule has 3 aliphatic heterocycles. The molecule has 0 saturated carbocycles. The Morgan fingerprint density at radius 1 is 1.13 bits per heavy atom. The first-order valence-electron chi connectivity index (χ1n) is 11.6. The predicted molar refractivity (Wildman–Crippen MR) is 117 cm³/mol. The summed E-state index contributed by atoms with van der Waals surface area (Å²) in [5, 5.41) is 0.488. The normalized spacial score (nSPS) is 31.9. The average Bonchev–Trinajstić information content (AvgIpc) is 3.49. The van der Waals surface area contributed by atoms with Crippen LogP contribution >= 0.6 is 11.3 Å². The number of thiophene rings is 1. The Morgan fingerprint density at radius 2 is 1.77 bits per heavy atom. The largest absolute Gasteiger partial charge is 0.462 e. The van der Waals surface area contributed by atoms with Crippen LogP contribution in [-0.4, -0.2) is 36.6 Å². The van der Waals surface area contributed by atoms with E-state index >= 15 is 0 Å². The maximum atomic E-state index is 13.4. The highest BCUT2D eigenvalue weighted by Crippen LogP contribution is 2.53. The number of carbonyl (C=O) groups is 3. The van der Waals surface area contributed by atoms with Gasteiger partial charge in [0, 0.05) is 4.88 Å². The monoisotopic (exact) mass is 445 g/mol. The first kappa shape index (κ1) is 21.1. The molecule has 3 fully saturated rings. The van der Waals surface area contributed by atoms with Gasteiger partial charge >= 0.3 is 5.97 Å². The van der Waals surface area contributed by atoms with Crippen LogP contribution in [0.25, 0.3) is 0 Å². The average molecular weight is 446 g/mol. The lowest BCUT2D eigenvalue weighted by Gasteiger charge is -2.36. The minimum atomic E-state index is -0.417. The summed E-state index contributed by atoms with van der Waals surface area (Å²) >= 11 is 1.46. The van der Waals surface area contributed by atoms with Gasteiger partial charge in [-0.3, -0.25) is 9.59 Å². The third-order valence-corrected chi connectivity index (χ3v) is 9.47. The molecule has 0 radical (unpaired) electrons. The number of ether oxygens (including phenoxy) is 2. The molecule has 4 heterocycles. The minimum absolute atomic E-state index is 0.160. The second-order valence-corrected chi connectivity index (χ2v) is 11.1. The lowest BCUT2D eigenvalue weighted by Crippen LogP contribution is -2.34. The Labute approximate surface area is 187 Å². The van der Waals surface area contributed by atoms with Crippen molar-refractivity contribution in [2.45, 2.75) is 78.4 Å². The topological polar surface area (TPSA) is 72.9 Å². The molecule has 4 aliphatic rings. The summed E-state index contributed by atoms with van der Waals surface area (Å²) in [7, 11) is 0. The molecule has 5 rings (SSSR count). The highest BCUT2D eigenvalue weighted by Gasteiger charge is 2.63. The predicted octanol–water partition coefficient (Wildman–Crippen LogP) is 4.13. The molecule has 5 atom stereocenters. The zero-order valence-electron chi connectivity index (χ0n) is 18.7. The van der Waals surface area contributed by atoms with E-state index in [4.69, 9.17) is 9.47 Å². The molecule has 2 bridgehead atoms. The zero-order valence-corrected chi connectivity index (χ0v) is 19.5. The van der Waals surface area contributed by atoms with E-state index in [-0.39, 0.29) is 36.0 Å². The van der Waals surface area contributed by atoms with Gasteiger partial charge < -0.3 is 9.47 Å². The van der Waals surface area contributed by atoms with Gasteiger partial charge in [-0.15, -0.1) is 11.3 Å². The summed E-state index contributed by atoms with van der Waals surface area (Å²) in [6, 6.07) is 0. The molecule has 0 unspecified atom stereocenters. The van der Waals surface area contributed by atoms with Crippen molar-refractivity contribution in [3.05, 3.63) is 16.0 Å². The second kappa shape index (κ2) is 7.41. The Morgan fingerprint density at radius 3 is 2.35 bits per heavy atom. The molecular formula is C24H31NO5S. The molecule has 0 N–H and O–H groups in total. The molecule has 0 aromatic carbocycles. The van der Waals surface area contributed by atoms with Gasteiger partial charge in [0.1, 0.15) is 5.00 Å². The summed E-state index contributed by atoms with van der Waals surface area (Å²) in [6.45, 7) is 8.86. The molecule has 0 spiro atoms. The van der Waals surface area contributed by atoms with E-state index in [1.54, 1.807) is 6.92 Å². The van der Waals surface area contributed by atoms with Crippen molar-refractivity contribution in [1.82, 2.24) is 0 Å². The second-order valence-electron chi connectivity index (χ2n) is 10.0. The minimum Gasteiger partial charge on any atom is -0.462 e. The SMILES string of the molecule is CCOC(=O)c1c(N2C(=O)[C@@H]3[C@H](C2=O)[C@@H]2CC[C@@H]3O2)sc2c1CC[C@@H](C(C)(C)CC)C2. The van der Waals surface area contributed by atoms with Crippen LogP contribution in [0.2, 0.25) is 0 Å². The zero-order chi connectivity index (χ0) is 22.1. The fraction of sp³-hybridized carbons (Fsp3) is 0.708. The van der Waals surface area contributed by atoms with Crippen molar-refractivity contribution in [3.8, 4) is 0 Å². The van der Waals surface area contributed by atoms with Crippen LogP contribution in [0, 0.1) is 23.2 Å². The highest BCUT2D eigenvalue weighted by atomic mass is 32.1. The summed E-state index contributed by atoms with van der Waals surface area (Å²) < 4.78 is 11.2. The number of hydrogen-bond donors (Lipinski definition) is 0. The third kappa shape index (κ3) is 3.03. The summed E-state index contributed by atoms with van der Waals surface area (Å²) in [5.74, 6) is -1.09. The first-order valence-corrected chi connectivity index (χ1v) is 12.4. The molecule has 1 aliphatic carbocycles. The molecule has 2 amide bonds. The highest BCUT2D eigenvalue weighted by molar-refractivity contribution is 7.17. The number of imide groups is 1. The van der Waals surface area contributed by atoms with E-state index in [1.165, 1.54) is 16.2 Å². The number of anilines is 1. The van der Waals surface area contributed by atoms with Crippen molar-refractivity contribution in [1.29, 1.82) is 0 Å².